The van der Waals surface area contributed by atoms with Crippen LogP contribution in [0.4, 0.5) is 0 Å². The number of rotatable bonds is 7. The lowest BCUT2D eigenvalue weighted by atomic mass is 10.0. The van der Waals surface area contributed by atoms with Crippen LogP contribution in [0.5, 0.6) is 0 Å². The van der Waals surface area contributed by atoms with E-state index in [1.807, 2.05) is 24.0 Å². The third-order valence-electron chi connectivity index (χ3n) is 4.76. The molecule has 2 atom stereocenters. The number of benzene rings is 1. The average Bonchev–Trinajstić information content (AvgIpc) is 2.93. The van der Waals surface area contributed by atoms with Crippen LogP contribution in [0.25, 0.3) is 0 Å². The zero-order valence-electron chi connectivity index (χ0n) is 14.7. The van der Waals surface area contributed by atoms with Crippen LogP contribution in [-0.4, -0.2) is 35.3 Å². The summed E-state index contributed by atoms with van der Waals surface area (Å²) >= 11 is 3.42. The summed E-state index contributed by atoms with van der Waals surface area (Å²) in [5, 5.41) is 3.07. The Kier molecular flexibility index (Phi) is 6.84. The number of hydrogen-bond acceptors (Lipinski definition) is 2. The monoisotopic (exact) mass is 394 g/mol. The van der Waals surface area contributed by atoms with Gasteiger partial charge in [-0.25, -0.2) is 0 Å². The van der Waals surface area contributed by atoms with E-state index in [0.717, 1.165) is 23.7 Å². The molecule has 1 aliphatic heterocycles. The number of carbonyl (C=O) groups excluding carboxylic acids is 2. The molecule has 0 spiro atoms. The van der Waals surface area contributed by atoms with Gasteiger partial charge in [0.2, 0.25) is 11.8 Å². The maximum atomic E-state index is 12.5. The number of likely N-dealkylation sites (tertiary alicyclic amines) is 1. The molecule has 2 rings (SSSR count). The summed E-state index contributed by atoms with van der Waals surface area (Å²) in [4.78, 5) is 26.6. The smallest absolute Gasteiger partial charge is 0.225 e. The Balaban J connectivity index is 1.88. The van der Waals surface area contributed by atoms with Gasteiger partial charge >= 0.3 is 0 Å². The van der Waals surface area contributed by atoms with E-state index in [-0.39, 0.29) is 29.8 Å². The van der Waals surface area contributed by atoms with Crippen LogP contribution in [0.15, 0.2) is 28.7 Å². The highest BCUT2D eigenvalue weighted by Crippen LogP contribution is 2.23. The van der Waals surface area contributed by atoms with Gasteiger partial charge in [0.15, 0.2) is 0 Å². The second kappa shape index (κ2) is 8.65. The molecule has 5 heteroatoms. The molecule has 4 nitrogen and oxygen atoms in total. The molecule has 2 unspecified atom stereocenters. The van der Waals surface area contributed by atoms with Gasteiger partial charge in [0, 0.05) is 29.5 Å². The lowest BCUT2D eigenvalue weighted by Gasteiger charge is -2.26. The summed E-state index contributed by atoms with van der Waals surface area (Å²) < 4.78 is 1.05. The van der Waals surface area contributed by atoms with Crippen LogP contribution in [-0.2, 0) is 16.0 Å². The molecule has 132 valence electrons. The molecule has 1 heterocycles. The maximum Gasteiger partial charge on any atom is 0.225 e. The topological polar surface area (TPSA) is 49.4 Å². The van der Waals surface area contributed by atoms with Crippen molar-refractivity contribution in [3.05, 3.63) is 34.3 Å². The Labute approximate surface area is 153 Å². The van der Waals surface area contributed by atoms with Crippen molar-refractivity contribution in [2.24, 2.45) is 5.92 Å². The van der Waals surface area contributed by atoms with E-state index in [0.29, 0.717) is 13.0 Å². The van der Waals surface area contributed by atoms with Gasteiger partial charge in [-0.2, -0.15) is 0 Å². The fourth-order valence-electron chi connectivity index (χ4n) is 3.38. The van der Waals surface area contributed by atoms with Gasteiger partial charge in [0.25, 0.3) is 0 Å². The first-order valence-corrected chi connectivity index (χ1v) is 9.58. The lowest BCUT2D eigenvalue weighted by molar-refractivity contribution is -0.130. The Morgan fingerprint density at radius 2 is 1.92 bits per heavy atom. The summed E-state index contributed by atoms with van der Waals surface area (Å²) in [6.07, 6.45) is 3.01. The van der Waals surface area contributed by atoms with Crippen molar-refractivity contribution in [1.29, 1.82) is 0 Å². The van der Waals surface area contributed by atoms with Crippen molar-refractivity contribution in [3.63, 3.8) is 0 Å². The van der Waals surface area contributed by atoms with Crippen LogP contribution in [0.2, 0.25) is 0 Å². The molecule has 0 radical (unpaired) electrons. The second-order valence-electron chi connectivity index (χ2n) is 6.66. The fourth-order valence-corrected chi connectivity index (χ4v) is 3.64. The van der Waals surface area contributed by atoms with Crippen molar-refractivity contribution < 1.29 is 9.59 Å². The quantitative estimate of drug-likeness (QED) is 0.768. The largest absolute Gasteiger partial charge is 0.353 e. The van der Waals surface area contributed by atoms with Gasteiger partial charge in [-0.05, 0) is 43.9 Å². The fraction of sp³-hybridized carbons (Fsp3) is 0.579. The van der Waals surface area contributed by atoms with E-state index >= 15 is 0 Å². The zero-order valence-corrected chi connectivity index (χ0v) is 16.3. The molecule has 0 aliphatic carbocycles. The van der Waals surface area contributed by atoms with Crippen molar-refractivity contribution in [3.8, 4) is 0 Å². The molecule has 0 aromatic heterocycles. The minimum absolute atomic E-state index is 0.00131. The summed E-state index contributed by atoms with van der Waals surface area (Å²) in [6.45, 7) is 6.75. The van der Waals surface area contributed by atoms with E-state index in [1.54, 1.807) is 0 Å². The predicted molar refractivity (Wildman–Crippen MR) is 99.6 cm³/mol. The van der Waals surface area contributed by atoms with E-state index in [2.05, 4.69) is 47.2 Å². The number of amides is 2. The SMILES string of the molecule is CCC(CC)N1CC(C(=O)NC(C)Cc2ccc(Br)cc2)CC1=O. The van der Waals surface area contributed by atoms with Crippen LogP contribution in [0, 0.1) is 5.92 Å². The third-order valence-corrected chi connectivity index (χ3v) is 5.28. The van der Waals surface area contributed by atoms with Gasteiger partial charge in [-0.3, -0.25) is 9.59 Å². The van der Waals surface area contributed by atoms with Crippen molar-refractivity contribution in [1.82, 2.24) is 10.2 Å². The first-order chi connectivity index (χ1) is 11.4. The number of carbonyl (C=O) groups is 2. The summed E-state index contributed by atoms with van der Waals surface area (Å²) in [7, 11) is 0. The normalized spacial score (nSPS) is 19.0. The molecule has 1 saturated heterocycles. The zero-order chi connectivity index (χ0) is 17.7. The van der Waals surface area contributed by atoms with E-state index in [1.165, 1.54) is 5.56 Å². The Bertz CT molecular complexity index is 569. The van der Waals surface area contributed by atoms with E-state index < -0.39 is 0 Å². The molecule has 1 fully saturated rings. The molecule has 24 heavy (non-hydrogen) atoms. The molecule has 1 aromatic carbocycles. The highest BCUT2D eigenvalue weighted by molar-refractivity contribution is 9.10. The molecule has 0 bridgehead atoms. The molecule has 1 aliphatic rings. The average molecular weight is 395 g/mol. The summed E-state index contributed by atoms with van der Waals surface area (Å²) in [6, 6.07) is 8.44. The molecular formula is C19H27BrN2O2. The Hall–Kier alpha value is -1.36. The molecule has 0 saturated carbocycles. The van der Waals surface area contributed by atoms with Crippen LogP contribution >= 0.6 is 15.9 Å². The summed E-state index contributed by atoms with van der Waals surface area (Å²) in [5.41, 5.74) is 1.19. The van der Waals surface area contributed by atoms with Gasteiger partial charge in [0.1, 0.15) is 0 Å². The number of hydrogen-bond donors (Lipinski definition) is 1. The minimum Gasteiger partial charge on any atom is -0.353 e. The van der Waals surface area contributed by atoms with Gasteiger partial charge in [-0.1, -0.05) is 41.9 Å². The maximum absolute atomic E-state index is 12.5. The van der Waals surface area contributed by atoms with E-state index in [9.17, 15) is 9.59 Å². The number of halogens is 1. The van der Waals surface area contributed by atoms with Gasteiger partial charge < -0.3 is 10.2 Å². The van der Waals surface area contributed by atoms with Crippen molar-refractivity contribution in [2.75, 3.05) is 6.54 Å². The van der Waals surface area contributed by atoms with E-state index in [4.69, 9.17) is 0 Å². The van der Waals surface area contributed by atoms with Crippen molar-refractivity contribution in [2.45, 2.75) is 58.5 Å². The Morgan fingerprint density at radius 3 is 2.50 bits per heavy atom. The molecule has 2 amide bonds. The van der Waals surface area contributed by atoms with Crippen LogP contribution in [0.3, 0.4) is 0 Å². The first kappa shape index (κ1) is 19.0. The number of nitrogens with one attached hydrogen (secondary N) is 1. The third kappa shape index (κ3) is 4.82. The lowest BCUT2D eigenvalue weighted by Crippen LogP contribution is -2.40. The number of nitrogens with zero attached hydrogens (tertiary/aromatic N) is 1. The van der Waals surface area contributed by atoms with Gasteiger partial charge in [0.05, 0.1) is 5.92 Å². The first-order valence-electron chi connectivity index (χ1n) is 8.78. The second-order valence-corrected chi connectivity index (χ2v) is 7.57. The molecular weight excluding hydrogens is 368 g/mol. The summed E-state index contributed by atoms with van der Waals surface area (Å²) in [5.74, 6) is -0.101. The highest BCUT2D eigenvalue weighted by atomic mass is 79.9. The highest BCUT2D eigenvalue weighted by Gasteiger charge is 2.37. The minimum atomic E-state index is -0.217. The predicted octanol–water partition coefficient (Wildman–Crippen LogP) is 3.53. The standard InChI is InChI=1S/C19H27BrN2O2/c1-4-17(5-2)22-12-15(11-18(22)23)19(24)21-13(3)10-14-6-8-16(20)9-7-14/h6-9,13,15,17H,4-5,10-12H2,1-3H3,(H,21,24). The van der Waals surface area contributed by atoms with Crippen LogP contribution < -0.4 is 5.32 Å². The van der Waals surface area contributed by atoms with Crippen LogP contribution in [0.1, 0.15) is 45.6 Å². The van der Waals surface area contributed by atoms with Crippen molar-refractivity contribution >= 4 is 27.7 Å². The Morgan fingerprint density at radius 1 is 1.29 bits per heavy atom. The molecule has 1 N–H and O–H groups in total. The molecule has 1 aromatic rings. The van der Waals surface area contributed by atoms with Gasteiger partial charge in [-0.15, -0.1) is 0 Å².